The lowest BCUT2D eigenvalue weighted by molar-refractivity contribution is 0.163. The molecule has 1 aromatic carbocycles. The van der Waals surface area contributed by atoms with Crippen molar-refractivity contribution in [3.63, 3.8) is 0 Å². The van der Waals surface area contributed by atoms with Gasteiger partial charge in [0.05, 0.1) is 10.6 Å². The second-order valence-corrected chi connectivity index (χ2v) is 4.44. The van der Waals surface area contributed by atoms with Gasteiger partial charge in [0.15, 0.2) is 11.5 Å². The number of ether oxygens (including phenoxy) is 2. The molecule has 0 fully saturated rings. The standard InChI is InChI=1S/C10H10BrNO3/c11-9-8-5(2-12-3-6(8)13)1-7-10(9)15-4-14-7/h1,6,12-13H,2-4H2/t6-/m0/s1. The maximum Gasteiger partial charge on any atom is 0.231 e. The molecule has 0 saturated carbocycles. The van der Waals surface area contributed by atoms with Gasteiger partial charge in [0, 0.05) is 18.7 Å². The molecule has 0 aromatic heterocycles. The van der Waals surface area contributed by atoms with Gasteiger partial charge in [0.1, 0.15) is 0 Å². The number of β-amino-alcohol motifs (C(OH)–C–C–N with tert-alkyl or cyclic N) is 1. The van der Waals surface area contributed by atoms with E-state index in [2.05, 4.69) is 21.2 Å². The van der Waals surface area contributed by atoms with Crippen LogP contribution in [0.4, 0.5) is 0 Å². The zero-order chi connectivity index (χ0) is 10.4. The summed E-state index contributed by atoms with van der Waals surface area (Å²) in [5, 5.41) is 13.0. The Kier molecular flexibility index (Phi) is 2.12. The van der Waals surface area contributed by atoms with E-state index in [9.17, 15) is 5.11 Å². The summed E-state index contributed by atoms with van der Waals surface area (Å²) in [6.45, 7) is 1.58. The largest absolute Gasteiger partial charge is 0.454 e. The Balaban J connectivity index is 2.22. The lowest BCUT2D eigenvalue weighted by Gasteiger charge is -2.24. The number of rotatable bonds is 0. The molecule has 0 bridgehead atoms. The second-order valence-electron chi connectivity index (χ2n) is 3.64. The van der Waals surface area contributed by atoms with Crippen LogP contribution < -0.4 is 14.8 Å². The Morgan fingerprint density at radius 2 is 2.33 bits per heavy atom. The third-order valence-corrected chi connectivity index (χ3v) is 3.50. The molecule has 0 saturated heterocycles. The van der Waals surface area contributed by atoms with E-state index in [-0.39, 0.29) is 6.79 Å². The van der Waals surface area contributed by atoms with Crippen molar-refractivity contribution >= 4 is 15.9 Å². The van der Waals surface area contributed by atoms with Crippen molar-refractivity contribution in [3.8, 4) is 11.5 Å². The molecule has 0 aliphatic carbocycles. The van der Waals surface area contributed by atoms with E-state index in [1.54, 1.807) is 0 Å². The normalized spacial score (nSPS) is 22.7. The molecular weight excluding hydrogens is 262 g/mol. The average Bonchev–Trinajstić information content (AvgIpc) is 2.66. The maximum absolute atomic E-state index is 9.88. The van der Waals surface area contributed by atoms with Crippen LogP contribution in [0, 0.1) is 0 Å². The van der Waals surface area contributed by atoms with Crippen LogP contribution in [0.2, 0.25) is 0 Å². The number of benzene rings is 1. The Hall–Kier alpha value is -0.780. The van der Waals surface area contributed by atoms with Crippen LogP contribution in [0.15, 0.2) is 10.5 Å². The summed E-state index contributed by atoms with van der Waals surface area (Å²) in [6.07, 6.45) is -0.488. The number of aliphatic hydroxyl groups excluding tert-OH is 1. The van der Waals surface area contributed by atoms with Crippen LogP contribution in [0.25, 0.3) is 0 Å². The number of nitrogens with one attached hydrogen (secondary N) is 1. The molecule has 4 nitrogen and oxygen atoms in total. The minimum absolute atomic E-state index is 0.250. The van der Waals surface area contributed by atoms with Crippen molar-refractivity contribution < 1.29 is 14.6 Å². The van der Waals surface area contributed by atoms with Gasteiger partial charge in [-0.15, -0.1) is 0 Å². The zero-order valence-corrected chi connectivity index (χ0v) is 9.50. The average molecular weight is 272 g/mol. The molecule has 2 aliphatic rings. The first-order chi connectivity index (χ1) is 7.27. The predicted octanol–water partition coefficient (Wildman–Crippen LogP) is 1.31. The van der Waals surface area contributed by atoms with E-state index in [1.807, 2.05) is 6.07 Å². The molecule has 80 valence electrons. The van der Waals surface area contributed by atoms with Gasteiger partial charge in [-0.3, -0.25) is 0 Å². The molecule has 0 spiro atoms. The van der Waals surface area contributed by atoms with Crippen LogP contribution in [0.5, 0.6) is 11.5 Å². The summed E-state index contributed by atoms with van der Waals surface area (Å²) < 4.78 is 11.5. The molecule has 1 aromatic rings. The lowest BCUT2D eigenvalue weighted by atomic mass is 9.98. The number of fused-ring (bicyclic) bond motifs is 2. The summed E-state index contributed by atoms with van der Waals surface area (Å²) >= 11 is 3.47. The van der Waals surface area contributed by atoms with Crippen LogP contribution >= 0.6 is 15.9 Å². The second kappa shape index (κ2) is 3.37. The predicted molar refractivity (Wildman–Crippen MR) is 56.9 cm³/mol. The minimum atomic E-state index is -0.488. The zero-order valence-electron chi connectivity index (χ0n) is 7.92. The van der Waals surface area contributed by atoms with E-state index in [0.717, 1.165) is 27.9 Å². The van der Waals surface area contributed by atoms with Crippen molar-refractivity contribution in [2.24, 2.45) is 0 Å². The number of halogens is 1. The summed E-state index contributed by atoms with van der Waals surface area (Å²) in [5.41, 5.74) is 1.97. The van der Waals surface area contributed by atoms with Crippen LogP contribution in [-0.2, 0) is 6.54 Å². The molecule has 2 heterocycles. The van der Waals surface area contributed by atoms with Gasteiger partial charge in [-0.05, 0) is 27.6 Å². The third-order valence-electron chi connectivity index (χ3n) is 2.71. The number of aliphatic hydroxyl groups is 1. The summed E-state index contributed by atoms with van der Waals surface area (Å²) in [5.74, 6) is 1.45. The first-order valence-electron chi connectivity index (χ1n) is 4.77. The highest BCUT2D eigenvalue weighted by atomic mass is 79.9. The highest BCUT2D eigenvalue weighted by Gasteiger charge is 2.28. The van der Waals surface area contributed by atoms with E-state index in [1.165, 1.54) is 0 Å². The fourth-order valence-electron chi connectivity index (χ4n) is 2.02. The van der Waals surface area contributed by atoms with Gasteiger partial charge in [-0.25, -0.2) is 0 Å². The topological polar surface area (TPSA) is 50.7 Å². The smallest absolute Gasteiger partial charge is 0.231 e. The van der Waals surface area contributed by atoms with E-state index in [0.29, 0.717) is 12.3 Å². The van der Waals surface area contributed by atoms with Gasteiger partial charge in [-0.1, -0.05) is 0 Å². The fraction of sp³-hybridized carbons (Fsp3) is 0.400. The molecule has 15 heavy (non-hydrogen) atoms. The highest BCUT2D eigenvalue weighted by molar-refractivity contribution is 9.10. The van der Waals surface area contributed by atoms with Crippen molar-refractivity contribution in [1.29, 1.82) is 0 Å². The van der Waals surface area contributed by atoms with Crippen molar-refractivity contribution in [3.05, 3.63) is 21.7 Å². The third kappa shape index (κ3) is 1.34. The molecule has 0 amide bonds. The van der Waals surface area contributed by atoms with Crippen molar-refractivity contribution in [1.82, 2.24) is 5.32 Å². The SMILES string of the molecule is O[C@H]1CNCc2cc3c(c(Br)c21)OCO3. The van der Waals surface area contributed by atoms with Crippen molar-refractivity contribution in [2.75, 3.05) is 13.3 Å². The van der Waals surface area contributed by atoms with Gasteiger partial charge in [0.2, 0.25) is 6.79 Å². The maximum atomic E-state index is 9.88. The molecule has 0 radical (unpaired) electrons. The molecule has 5 heteroatoms. The highest BCUT2D eigenvalue weighted by Crippen LogP contribution is 2.45. The lowest BCUT2D eigenvalue weighted by Crippen LogP contribution is -2.28. The molecular formula is C10H10BrNO3. The summed E-state index contributed by atoms with van der Waals surface area (Å²) in [7, 11) is 0. The number of hydrogen-bond donors (Lipinski definition) is 2. The number of hydrogen-bond acceptors (Lipinski definition) is 4. The molecule has 2 aliphatic heterocycles. The molecule has 1 atom stereocenters. The van der Waals surface area contributed by atoms with Gasteiger partial charge in [-0.2, -0.15) is 0 Å². The van der Waals surface area contributed by atoms with Crippen LogP contribution in [-0.4, -0.2) is 18.4 Å². The molecule has 0 unspecified atom stereocenters. The van der Waals surface area contributed by atoms with Crippen molar-refractivity contribution in [2.45, 2.75) is 12.6 Å². The Morgan fingerprint density at radius 3 is 3.20 bits per heavy atom. The van der Waals surface area contributed by atoms with E-state index in [4.69, 9.17) is 9.47 Å². The fourth-order valence-corrected chi connectivity index (χ4v) is 2.85. The van der Waals surface area contributed by atoms with E-state index < -0.39 is 6.10 Å². The summed E-state index contributed by atoms with van der Waals surface area (Å²) in [6, 6.07) is 1.93. The summed E-state index contributed by atoms with van der Waals surface area (Å²) in [4.78, 5) is 0. The minimum Gasteiger partial charge on any atom is -0.454 e. The Morgan fingerprint density at radius 1 is 1.47 bits per heavy atom. The molecule has 3 rings (SSSR count). The molecule has 2 N–H and O–H groups in total. The first-order valence-corrected chi connectivity index (χ1v) is 5.56. The Bertz CT molecular complexity index is 422. The van der Waals surface area contributed by atoms with Gasteiger partial charge < -0.3 is 19.9 Å². The first kappa shape index (κ1) is 9.45. The monoisotopic (exact) mass is 271 g/mol. The van der Waals surface area contributed by atoms with Crippen LogP contribution in [0.1, 0.15) is 17.2 Å². The van der Waals surface area contributed by atoms with E-state index >= 15 is 0 Å². The van der Waals surface area contributed by atoms with Gasteiger partial charge in [0.25, 0.3) is 0 Å². The van der Waals surface area contributed by atoms with Crippen LogP contribution in [0.3, 0.4) is 0 Å². The Labute approximate surface area is 95.3 Å². The quantitative estimate of drug-likeness (QED) is 0.747. The van der Waals surface area contributed by atoms with Gasteiger partial charge >= 0.3 is 0 Å².